The Morgan fingerprint density at radius 2 is 2.00 bits per heavy atom. The Hall–Kier alpha value is 0.150. The monoisotopic (exact) mass is 282 g/mol. The van der Waals surface area contributed by atoms with E-state index in [1.165, 1.54) is 0 Å². The van der Waals surface area contributed by atoms with Gasteiger partial charge in [-0.3, -0.25) is 0 Å². The van der Waals surface area contributed by atoms with E-state index in [0.29, 0.717) is 30.9 Å². The molecule has 0 spiro atoms. The zero-order valence-electron chi connectivity index (χ0n) is 9.60. The minimum atomic E-state index is -3.07. The number of thiocarbonyl (C=S) groups is 1. The fourth-order valence-electron chi connectivity index (χ4n) is 1.86. The maximum absolute atomic E-state index is 11.7. The average Bonchev–Trinajstić information content (AvgIpc) is 2.28. The molecule has 1 fully saturated rings. The Labute approximate surface area is 107 Å². The van der Waals surface area contributed by atoms with E-state index in [-0.39, 0.29) is 10.5 Å². The molecule has 0 aromatic carbocycles. The van der Waals surface area contributed by atoms with Gasteiger partial charge >= 0.3 is 0 Å². The number of thioether (sulfide) groups is 1. The average molecular weight is 282 g/mol. The van der Waals surface area contributed by atoms with E-state index in [0.717, 1.165) is 0 Å². The normalized spacial score (nSPS) is 21.9. The van der Waals surface area contributed by atoms with Crippen LogP contribution in [-0.2, 0) is 10.0 Å². The molecule has 0 amide bonds. The predicted octanol–water partition coefficient (Wildman–Crippen LogP) is 0.820. The number of hydrogen-bond acceptors (Lipinski definition) is 4. The molecule has 1 aliphatic rings. The SMILES string of the molecule is CCS(=O)(=O)N1CCC(SC)(C(N)=S)CC1. The summed E-state index contributed by atoms with van der Waals surface area (Å²) >= 11 is 6.71. The van der Waals surface area contributed by atoms with Crippen molar-refractivity contribution in [2.24, 2.45) is 5.73 Å². The van der Waals surface area contributed by atoms with Gasteiger partial charge in [0, 0.05) is 13.1 Å². The standard InChI is InChI=1S/C9H18N2O2S3/c1-3-16(12,13)11-6-4-9(15-2,5-7-11)8(10)14/h3-7H2,1-2H3,(H2,10,14). The van der Waals surface area contributed by atoms with Gasteiger partial charge in [-0.05, 0) is 26.0 Å². The lowest BCUT2D eigenvalue weighted by molar-refractivity contribution is 0.333. The minimum Gasteiger partial charge on any atom is -0.392 e. The van der Waals surface area contributed by atoms with Crippen LogP contribution in [0.2, 0.25) is 0 Å². The number of nitrogens with two attached hydrogens (primary N) is 1. The molecule has 7 heteroatoms. The molecule has 1 saturated heterocycles. The molecule has 0 bridgehead atoms. The van der Waals surface area contributed by atoms with Gasteiger partial charge in [-0.15, -0.1) is 0 Å². The first-order valence-electron chi connectivity index (χ1n) is 5.21. The fourth-order valence-corrected chi connectivity index (χ4v) is 4.21. The number of piperidine rings is 1. The smallest absolute Gasteiger partial charge is 0.213 e. The molecule has 0 radical (unpaired) electrons. The number of nitrogens with zero attached hydrogens (tertiary/aromatic N) is 1. The second kappa shape index (κ2) is 5.20. The number of hydrogen-bond donors (Lipinski definition) is 1. The lowest BCUT2D eigenvalue weighted by Gasteiger charge is -2.39. The zero-order chi connectivity index (χ0) is 12.4. The number of rotatable bonds is 4. The third kappa shape index (κ3) is 2.69. The Morgan fingerprint density at radius 1 is 1.50 bits per heavy atom. The Morgan fingerprint density at radius 3 is 2.31 bits per heavy atom. The van der Waals surface area contributed by atoms with Gasteiger partial charge in [0.05, 0.1) is 15.5 Å². The first-order chi connectivity index (χ1) is 7.38. The summed E-state index contributed by atoms with van der Waals surface area (Å²) in [6, 6.07) is 0. The Kier molecular flexibility index (Phi) is 4.62. The Bertz CT molecular complexity index is 359. The van der Waals surface area contributed by atoms with E-state index in [9.17, 15) is 8.42 Å². The molecule has 16 heavy (non-hydrogen) atoms. The highest BCUT2D eigenvalue weighted by atomic mass is 32.2. The summed E-state index contributed by atoms with van der Waals surface area (Å²) in [5.41, 5.74) is 5.74. The van der Waals surface area contributed by atoms with Crippen LogP contribution in [0.5, 0.6) is 0 Å². The van der Waals surface area contributed by atoms with Crippen LogP contribution in [0.1, 0.15) is 19.8 Å². The molecule has 0 aromatic heterocycles. The van der Waals surface area contributed by atoms with Crippen LogP contribution in [0, 0.1) is 0 Å². The molecular weight excluding hydrogens is 264 g/mol. The largest absolute Gasteiger partial charge is 0.392 e. The van der Waals surface area contributed by atoms with Crippen molar-refractivity contribution in [1.82, 2.24) is 4.31 Å². The quantitative estimate of drug-likeness (QED) is 0.774. The highest BCUT2D eigenvalue weighted by Crippen LogP contribution is 2.35. The van der Waals surface area contributed by atoms with Gasteiger partial charge in [0.2, 0.25) is 10.0 Å². The molecule has 1 aliphatic heterocycles. The van der Waals surface area contributed by atoms with E-state index in [4.69, 9.17) is 18.0 Å². The molecular formula is C9H18N2O2S3. The van der Waals surface area contributed by atoms with E-state index < -0.39 is 10.0 Å². The van der Waals surface area contributed by atoms with Crippen LogP contribution in [0.3, 0.4) is 0 Å². The van der Waals surface area contributed by atoms with Crippen LogP contribution in [-0.4, -0.2) is 47.6 Å². The zero-order valence-corrected chi connectivity index (χ0v) is 12.1. The summed E-state index contributed by atoms with van der Waals surface area (Å²) < 4.78 is 24.7. The molecule has 0 atom stereocenters. The van der Waals surface area contributed by atoms with Crippen molar-refractivity contribution in [1.29, 1.82) is 0 Å². The van der Waals surface area contributed by atoms with Gasteiger partial charge < -0.3 is 5.73 Å². The molecule has 0 aromatic rings. The highest BCUT2D eigenvalue weighted by Gasteiger charge is 2.39. The molecule has 4 nitrogen and oxygen atoms in total. The topological polar surface area (TPSA) is 63.4 Å². The maximum Gasteiger partial charge on any atom is 0.213 e. The fraction of sp³-hybridized carbons (Fsp3) is 0.889. The summed E-state index contributed by atoms with van der Waals surface area (Å²) in [5.74, 6) is 0.159. The van der Waals surface area contributed by atoms with Gasteiger partial charge in [-0.1, -0.05) is 12.2 Å². The van der Waals surface area contributed by atoms with Crippen LogP contribution >= 0.6 is 24.0 Å². The van der Waals surface area contributed by atoms with E-state index >= 15 is 0 Å². The third-order valence-corrected chi connectivity index (χ3v) is 6.94. The van der Waals surface area contributed by atoms with Crippen LogP contribution in [0.25, 0.3) is 0 Å². The molecule has 0 saturated carbocycles. The second-order valence-electron chi connectivity index (χ2n) is 3.86. The maximum atomic E-state index is 11.7. The first kappa shape index (κ1) is 14.2. The van der Waals surface area contributed by atoms with Crippen LogP contribution < -0.4 is 5.73 Å². The minimum absolute atomic E-state index is 0.159. The van der Waals surface area contributed by atoms with E-state index in [2.05, 4.69) is 0 Å². The van der Waals surface area contributed by atoms with Gasteiger partial charge in [0.15, 0.2) is 0 Å². The van der Waals surface area contributed by atoms with E-state index in [1.807, 2.05) is 6.26 Å². The summed E-state index contributed by atoms with van der Waals surface area (Å²) in [6.07, 6.45) is 3.40. The van der Waals surface area contributed by atoms with Crippen molar-refractivity contribution in [3.8, 4) is 0 Å². The lowest BCUT2D eigenvalue weighted by atomic mass is 9.97. The highest BCUT2D eigenvalue weighted by molar-refractivity contribution is 8.02. The van der Waals surface area contributed by atoms with Crippen LogP contribution in [0.15, 0.2) is 0 Å². The Balaban J connectivity index is 2.74. The van der Waals surface area contributed by atoms with Gasteiger partial charge in [-0.25, -0.2) is 12.7 Å². The van der Waals surface area contributed by atoms with Gasteiger partial charge in [0.25, 0.3) is 0 Å². The van der Waals surface area contributed by atoms with Gasteiger partial charge in [0.1, 0.15) is 0 Å². The molecule has 1 heterocycles. The summed E-state index contributed by atoms with van der Waals surface area (Å²) in [4.78, 5) is 0.494. The summed E-state index contributed by atoms with van der Waals surface area (Å²) in [5, 5.41) is 0. The van der Waals surface area contributed by atoms with E-state index in [1.54, 1.807) is 23.0 Å². The van der Waals surface area contributed by atoms with Crippen molar-refractivity contribution < 1.29 is 8.42 Å². The third-order valence-electron chi connectivity index (χ3n) is 3.13. The molecule has 2 N–H and O–H groups in total. The van der Waals surface area contributed by atoms with Crippen molar-refractivity contribution >= 4 is 39.0 Å². The lowest BCUT2D eigenvalue weighted by Crippen LogP contribution is -2.50. The van der Waals surface area contributed by atoms with Crippen LogP contribution in [0.4, 0.5) is 0 Å². The summed E-state index contributed by atoms with van der Waals surface area (Å²) in [6.45, 7) is 2.71. The van der Waals surface area contributed by atoms with Crippen molar-refractivity contribution in [3.05, 3.63) is 0 Å². The predicted molar refractivity (Wildman–Crippen MR) is 73.3 cm³/mol. The van der Waals surface area contributed by atoms with Crippen molar-refractivity contribution in [2.75, 3.05) is 25.1 Å². The summed E-state index contributed by atoms with van der Waals surface area (Å²) in [7, 11) is -3.07. The molecule has 1 rings (SSSR count). The van der Waals surface area contributed by atoms with Gasteiger partial charge in [-0.2, -0.15) is 11.8 Å². The van der Waals surface area contributed by atoms with Crippen molar-refractivity contribution in [2.45, 2.75) is 24.5 Å². The van der Waals surface area contributed by atoms with Crippen molar-refractivity contribution in [3.63, 3.8) is 0 Å². The second-order valence-corrected chi connectivity index (χ2v) is 7.75. The molecule has 94 valence electrons. The number of sulfonamides is 1. The molecule has 0 unspecified atom stereocenters. The molecule has 0 aliphatic carbocycles. The first-order valence-corrected chi connectivity index (χ1v) is 8.45.